The van der Waals surface area contributed by atoms with E-state index in [9.17, 15) is 14.3 Å². The number of phenols is 1. The van der Waals surface area contributed by atoms with Crippen LogP contribution in [0, 0.1) is 5.82 Å². The largest absolute Gasteiger partial charge is 0.508 e. The van der Waals surface area contributed by atoms with Gasteiger partial charge in [-0.2, -0.15) is 0 Å². The lowest BCUT2D eigenvalue weighted by atomic mass is 10.1. The van der Waals surface area contributed by atoms with E-state index in [0.29, 0.717) is 11.3 Å². The van der Waals surface area contributed by atoms with E-state index in [2.05, 4.69) is 0 Å². The highest BCUT2D eigenvalue weighted by atomic mass is 19.1. The smallest absolute Gasteiger partial charge is 0.336 e. The number of carbonyl (C=O) groups is 1. The third-order valence-electron chi connectivity index (χ3n) is 2.51. The normalized spacial score (nSPS) is 10.2. The Morgan fingerprint density at radius 2 is 2.00 bits per heavy atom. The highest BCUT2D eigenvalue weighted by molar-refractivity contribution is 5.89. The number of hydrogen-bond acceptors (Lipinski definition) is 3. The molecular weight excluding hydrogens is 251 g/mol. The predicted molar refractivity (Wildman–Crippen MR) is 65.8 cm³/mol. The molecule has 0 radical (unpaired) electrons. The van der Waals surface area contributed by atoms with Gasteiger partial charge in [0.05, 0.1) is 5.56 Å². The molecule has 2 aromatic rings. The van der Waals surface area contributed by atoms with Crippen LogP contribution in [0.3, 0.4) is 0 Å². The predicted octanol–water partition coefficient (Wildman–Crippen LogP) is 2.81. The van der Waals surface area contributed by atoms with Crippen LogP contribution >= 0.6 is 0 Å². The average molecular weight is 262 g/mol. The maximum absolute atomic E-state index is 12.9. The van der Waals surface area contributed by atoms with Gasteiger partial charge >= 0.3 is 5.97 Å². The molecule has 4 nitrogen and oxygen atoms in total. The quantitative estimate of drug-likeness (QED) is 0.889. The summed E-state index contributed by atoms with van der Waals surface area (Å²) in [6.07, 6.45) is 0. The highest BCUT2D eigenvalue weighted by Crippen LogP contribution is 2.19. The second kappa shape index (κ2) is 5.39. The number of aromatic carboxylic acids is 1. The number of aromatic hydroxyl groups is 1. The molecule has 2 aromatic carbocycles. The van der Waals surface area contributed by atoms with Gasteiger partial charge in [0, 0.05) is 11.6 Å². The van der Waals surface area contributed by atoms with E-state index in [1.165, 1.54) is 30.3 Å². The number of hydrogen-bond donors (Lipinski definition) is 2. The molecule has 0 fully saturated rings. The van der Waals surface area contributed by atoms with Crippen LogP contribution in [0.1, 0.15) is 15.9 Å². The van der Waals surface area contributed by atoms with Gasteiger partial charge in [0.25, 0.3) is 0 Å². The summed E-state index contributed by atoms with van der Waals surface area (Å²) in [5.41, 5.74) is 0.353. The van der Waals surface area contributed by atoms with E-state index in [1.54, 1.807) is 6.07 Å². The summed E-state index contributed by atoms with van der Waals surface area (Å²) >= 11 is 0. The molecular formula is C14H11FO4. The molecule has 0 bridgehead atoms. The monoisotopic (exact) mass is 262 g/mol. The summed E-state index contributed by atoms with van der Waals surface area (Å²) in [7, 11) is 0. The first-order valence-electron chi connectivity index (χ1n) is 5.50. The van der Waals surface area contributed by atoms with E-state index in [0.717, 1.165) is 6.07 Å². The van der Waals surface area contributed by atoms with Crippen molar-refractivity contribution >= 4 is 5.97 Å². The second-order valence-electron chi connectivity index (χ2n) is 3.89. The molecule has 19 heavy (non-hydrogen) atoms. The van der Waals surface area contributed by atoms with Crippen LogP contribution < -0.4 is 4.74 Å². The summed E-state index contributed by atoms with van der Waals surface area (Å²) in [5, 5.41) is 18.3. The average Bonchev–Trinajstić information content (AvgIpc) is 2.37. The molecule has 0 saturated heterocycles. The van der Waals surface area contributed by atoms with Crippen LogP contribution in [0.4, 0.5) is 4.39 Å². The Hall–Kier alpha value is -2.56. The number of carboxylic acid groups (broad SMARTS) is 1. The van der Waals surface area contributed by atoms with Crippen molar-refractivity contribution < 1.29 is 24.1 Å². The maximum Gasteiger partial charge on any atom is 0.336 e. The van der Waals surface area contributed by atoms with Crippen molar-refractivity contribution in [3.05, 3.63) is 59.4 Å². The Balaban J connectivity index is 2.17. The van der Waals surface area contributed by atoms with Crippen LogP contribution in [-0.4, -0.2) is 16.2 Å². The van der Waals surface area contributed by atoms with Gasteiger partial charge in [-0.15, -0.1) is 0 Å². The third kappa shape index (κ3) is 3.22. The molecule has 0 saturated carbocycles. The Morgan fingerprint density at radius 3 is 2.68 bits per heavy atom. The minimum atomic E-state index is -1.16. The Morgan fingerprint density at radius 1 is 1.21 bits per heavy atom. The zero-order valence-electron chi connectivity index (χ0n) is 9.84. The zero-order valence-corrected chi connectivity index (χ0v) is 9.84. The van der Waals surface area contributed by atoms with E-state index in [4.69, 9.17) is 9.84 Å². The van der Waals surface area contributed by atoms with E-state index in [-0.39, 0.29) is 17.9 Å². The Kier molecular flexibility index (Phi) is 3.66. The maximum atomic E-state index is 12.9. The minimum Gasteiger partial charge on any atom is -0.508 e. The van der Waals surface area contributed by atoms with Crippen LogP contribution in [0.15, 0.2) is 42.5 Å². The first-order chi connectivity index (χ1) is 9.06. The van der Waals surface area contributed by atoms with E-state index in [1.807, 2.05) is 0 Å². The Bertz CT molecular complexity index is 610. The summed E-state index contributed by atoms with van der Waals surface area (Å²) < 4.78 is 18.3. The number of carboxylic acids is 1. The Labute approximate surface area is 108 Å². The van der Waals surface area contributed by atoms with Gasteiger partial charge < -0.3 is 14.9 Å². The SMILES string of the molecule is O=C(O)c1cc(O)ccc1COc1cccc(F)c1. The van der Waals surface area contributed by atoms with Gasteiger partial charge in [0.2, 0.25) is 0 Å². The molecule has 0 unspecified atom stereocenters. The fraction of sp³-hybridized carbons (Fsp3) is 0.0714. The summed E-state index contributed by atoms with van der Waals surface area (Å²) in [6, 6.07) is 9.54. The minimum absolute atomic E-state index is 0.0225. The lowest BCUT2D eigenvalue weighted by molar-refractivity contribution is 0.0693. The molecule has 0 spiro atoms. The van der Waals surface area contributed by atoms with Gasteiger partial charge in [0.15, 0.2) is 0 Å². The molecule has 5 heteroatoms. The summed E-state index contributed by atoms with van der Waals surface area (Å²) in [4.78, 5) is 11.0. The standard InChI is InChI=1S/C14H11FO4/c15-10-2-1-3-12(6-10)19-8-9-4-5-11(16)7-13(9)14(17)18/h1-7,16H,8H2,(H,17,18). The lowest BCUT2D eigenvalue weighted by Crippen LogP contribution is -2.05. The molecule has 2 N–H and O–H groups in total. The second-order valence-corrected chi connectivity index (χ2v) is 3.89. The molecule has 0 atom stereocenters. The first kappa shape index (κ1) is 12.9. The van der Waals surface area contributed by atoms with Crippen molar-refractivity contribution in [1.29, 1.82) is 0 Å². The number of benzene rings is 2. The van der Waals surface area contributed by atoms with Gasteiger partial charge in [-0.3, -0.25) is 0 Å². The first-order valence-corrected chi connectivity index (χ1v) is 5.50. The van der Waals surface area contributed by atoms with Crippen LogP contribution in [0.25, 0.3) is 0 Å². The molecule has 98 valence electrons. The number of halogens is 1. The zero-order chi connectivity index (χ0) is 13.8. The van der Waals surface area contributed by atoms with Crippen LogP contribution in [0.5, 0.6) is 11.5 Å². The molecule has 0 aliphatic heterocycles. The van der Waals surface area contributed by atoms with E-state index < -0.39 is 11.8 Å². The molecule has 0 amide bonds. The molecule has 0 aromatic heterocycles. The van der Waals surface area contributed by atoms with Gasteiger partial charge in [-0.05, 0) is 24.3 Å². The van der Waals surface area contributed by atoms with E-state index >= 15 is 0 Å². The van der Waals surface area contributed by atoms with Crippen molar-refractivity contribution in [1.82, 2.24) is 0 Å². The fourth-order valence-electron chi connectivity index (χ4n) is 1.61. The van der Waals surface area contributed by atoms with Crippen molar-refractivity contribution in [2.24, 2.45) is 0 Å². The fourth-order valence-corrected chi connectivity index (χ4v) is 1.61. The topological polar surface area (TPSA) is 66.8 Å². The van der Waals surface area contributed by atoms with Crippen molar-refractivity contribution in [2.75, 3.05) is 0 Å². The number of phenolic OH excluding ortho intramolecular Hbond substituents is 1. The number of rotatable bonds is 4. The molecule has 0 aliphatic carbocycles. The van der Waals surface area contributed by atoms with Crippen molar-refractivity contribution in [3.8, 4) is 11.5 Å². The third-order valence-corrected chi connectivity index (χ3v) is 2.51. The van der Waals surface area contributed by atoms with Gasteiger partial charge in [-0.1, -0.05) is 12.1 Å². The van der Waals surface area contributed by atoms with Crippen LogP contribution in [-0.2, 0) is 6.61 Å². The number of ether oxygens (including phenoxy) is 1. The van der Waals surface area contributed by atoms with Crippen LogP contribution in [0.2, 0.25) is 0 Å². The van der Waals surface area contributed by atoms with Crippen molar-refractivity contribution in [2.45, 2.75) is 6.61 Å². The molecule has 0 heterocycles. The van der Waals surface area contributed by atoms with Gasteiger partial charge in [-0.25, -0.2) is 9.18 Å². The lowest BCUT2D eigenvalue weighted by Gasteiger charge is -2.09. The molecule has 2 rings (SSSR count). The van der Waals surface area contributed by atoms with Crippen molar-refractivity contribution in [3.63, 3.8) is 0 Å². The molecule has 0 aliphatic rings. The van der Waals surface area contributed by atoms with Gasteiger partial charge in [0.1, 0.15) is 23.9 Å². The summed E-state index contributed by atoms with van der Waals surface area (Å²) in [6.45, 7) is -0.0225. The summed E-state index contributed by atoms with van der Waals surface area (Å²) in [5.74, 6) is -1.41. The highest BCUT2D eigenvalue weighted by Gasteiger charge is 2.11.